The number of carboxylic acid groups (broad SMARTS) is 1. The van der Waals surface area contributed by atoms with E-state index in [0.717, 1.165) is 19.1 Å². The second kappa shape index (κ2) is 6.28. The molecule has 1 aromatic carbocycles. The molecule has 0 fully saturated rings. The van der Waals surface area contributed by atoms with Crippen LogP contribution in [0.5, 0.6) is 0 Å². The van der Waals surface area contributed by atoms with Crippen molar-refractivity contribution in [1.82, 2.24) is 4.72 Å². The Morgan fingerprint density at radius 1 is 1.50 bits per heavy atom. The zero-order valence-corrected chi connectivity index (χ0v) is 13.9. The maximum atomic E-state index is 12.1. The summed E-state index contributed by atoms with van der Waals surface area (Å²) < 4.78 is 26.3. The number of nitro groups is 1. The Morgan fingerprint density at radius 3 is 2.50 bits per heavy atom. The van der Waals surface area contributed by atoms with E-state index in [0.29, 0.717) is 0 Å². The quantitative estimate of drug-likeness (QED) is 0.475. The number of hydrogen-bond donors (Lipinski definition) is 3. The number of nitro benzene ring substituents is 1. The predicted molar refractivity (Wildman–Crippen MR) is 79.0 cm³/mol. The highest BCUT2D eigenvalue weighted by atomic mass is 79.9. The first-order valence-corrected chi connectivity index (χ1v) is 8.06. The maximum Gasteiger partial charge on any atom is 0.336 e. The number of halogens is 1. The van der Waals surface area contributed by atoms with Crippen LogP contribution in [0.4, 0.5) is 5.69 Å². The molecule has 0 bridgehead atoms. The number of nitrogens with zero attached hydrogens (tertiary/aromatic N) is 1. The van der Waals surface area contributed by atoms with Crippen molar-refractivity contribution in [3.8, 4) is 0 Å². The average Bonchev–Trinajstić information content (AvgIpc) is 2.39. The molecule has 1 aromatic rings. The van der Waals surface area contributed by atoms with Crippen molar-refractivity contribution < 1.29 is 28.3 Å². The van der Waals surface area contributed by atoms with E-state index in [2.05, 4.69) is 15.9 Å². The van der Waals surface area contributed by atoms with E-state index < -0.39 is 43.6 Å². The number of sulfonamides is 1. The molecule has 0 aliphatic heterocycles. The van der Waals surface area contributed by atoms with Crippen molar-refractivity contribution in [1.29, 1.82) is 0 Å². The number of rotatable bonds is 6. The van der Waals surface area contributed by atoms with Gasteiger partial charge in [-0.1, -0.05) is 15.9 Å². The van der Waals surface area contributed by atoms with E-state index in [-0.39, 0.29) is 10.0 Å². The van der Waals surface area contributed by atoms with Crippen LogP contribution >= 0.6 is 15.9 Å². The summed E-state index contributed by atoms with van der Waals surface area (Å²) in [7, 11) is -4.23. The average molecular weight is 397 g/mol. The van der Waals surface area contributed by atoms with Crippen molar-refractivity contribution in [2.45, 2.75) is 24.3 Å². The first kappa shape index (κ1) is 18.5. The molecule has 0 saturated carbocycles. The number of aliphatic hydroxyl groups is 1. The van der Waals surface area contributed by atoms with Gasteiger partial charge in [0.25, 0.3) is 5.69 Å². The Kier molecular flexibility index (Phi) is 5.28. The zero-order chi connectivity index (χ0) is 17.3. The molecule has 9 nitrogen and oxygen atoms in total. The van der Waals surface area contributed by atoms with Crippen LogP contribution in [0.15, 0.2) is 21.5 Å². The molecule has 1 unspecified atom stereocenters. The molecule has 0 aromatic heterocycles. The van der Waals surface area contributed by atoms with E-state index in [1.165, 1.54) is 6.92 Å². The molecule has 0 spiro atoms. The lowest BCUT2D eigenvalue weighted by molar-refractivity contribution is -0.385. The van der Waals surface area contributed by atoms with E-state index in [1.807, 2.05) is 4.72 Å². The van der Waals surface area contributed by atoms with Gasteiger partial charge in [-0.25, -0.2) is 17.9 Å². The number of nitrogens with one attached hydrogen (secondary N) is 1. The molecule has 22 heavy (non-hydrogen) atoms. The molecule has 0 saturated heterocycles. The van der Waals surface area contributed by atoms with E-state index in [4.69, 9.17) is 5.11 Å². The van der Waals surface area contributed by atoms with Crippen LogP contribution in [0.25, 0.3) is 0 Å². The smallest absolute Gasteiger partial charge is 0.336 e. The number of hydrogen-bond acceptors (Lipinski definition) is 6. The Morgan fingerprint density at radius 2 is 2.05 bits per heavy atom. The van der Waals surface area contributed by atoms with Crippen LogP contribution in [-0.2, 0) is 14.8 Å². The Labute approximate surface area is 134 Å². The maximum absolute atomic E-state index is 12.1. The van der Waals surface area contributed by atoms with Crippen LogP contribution in [0.1, 0.15) is 12.5 Å². The number of carboxylic acids is 1. The zero-order valence-electron chi connectivity index (χ0n) is 11.5. The summed E-state index contributed by atoms with van der Waals surface area (Å²) in [6.07, 6.45) is 0. The molecule has 1 rings (SSSR count). The fourth-order valence-electron chi connectivity index (χ4n) is 1.38. The summed E-state index contributed by atoms with van der Waals surface area (Å²) in [5, 5.41) is 29.1. The minimum absolute atomic E-state index is 0.215. The monoisotopic (exact) mass is 396 g/mol. The van der Waals surface area contributed by atoms with Crippen molar-refractivity contribution >= 4 is 37.6 Å². The van der Waals surface area contributed by atoms with E-state index in [9.17, 15) is 28.4 Å². The number of aliphatic carboxylic acids is 1. The van der Waals surface area contributed by atoms with Crippen molar-refractivity contribution in [3.63, 3.8) is 0 Å². The lowest BCUT2D eigenvalue weighted by atomic mass is 10.1. The van der Waals surface area contributed by atoms with Crippen molar-refractivity contribution in [3.05, 3.63) is 32.3 Å². The molecule has 1 atom stereocenters. The van der Waals surface area contributed by atoms with Gasteiger partial charge in [-0.2, -0.15) is 0 Å². The molecular weight excluding hydrogens is 384 g/mol. The normalized spacial score (nSPS) is 14.4. The second-order valence-electron chi connectivity index (χ2n) is 4.71. The summed E-state index contributed by atoms with van der Waals surface area (Å²) in [4.78, 5) is 20.5. The van der Waals surface area contributed by atoms with Gasteiger partial charge in [0, 0.05) is 16.1 Å². The minimum Gasteiger partial charge on any atom is -0.479 e. The van der Waals surface area contributed by atoms with Gasteiger partial charge in [0.1, 0.15) is 0 Å². The van der Waals surface area contributed by atoms with Crippen molar-refractivity contribution in [2.24, 2.45) is 0 Å². The first-order valence-electron chi connectivity index (χ1n) is 5.78. The van der Waals surface area contributed by atoms with Crippen LogP contribution in [0.3, 0.4) is 0 Å². The van der Waals surface area contributed by atoms with Crippen LogP contribution in [0.2, 0.25) is 0 Å². The lowest BCUT2D eigenvalue weighted by Gasteiger charge is -2.18. The van der Waals surface area contributed by atoms with Gasteiger partial charge >= 0.3 is 5.97 Å². The summed E-state index contributed by atoms with van der Waals surface area (Å²) in [5.74, 6) is -1.61. The SMILES string of the molecule is Cc1c(Br)cc(S(=O)(=O)NCC(C)(O)C(=O)O)cc1[N+](=O)[O-]. The van der Waals surface area contributed by atoms with Gasteiger partial charge in [0.15, 0.2) is 5.60 Å². The molecule has 122 valence electrons. The van der Waals surface area contributed by atoms with Gasteiger partial charge in [-0.3, -0.25) is 10.1 Å². The van der Waals surface area contributed by atoms with Crippen molar-refractivity contribution in [2.75, 3.05) is 6.54 Å². The van der Waals surface area contributed by atoms with Gasteiger partial charge in [-0.15, -0.1) is 0 Å². The van der Waals surface area contributed by atoms with Crippen LogP contribution < -0.4 is 4.72 Å². The molecule has 0 heterocycles. The molecule has 11 heteroatoms. The molecule has 0 aliphatic carbocycles. The third-order valence-electron chi connectivity index (χ3n) is 2.86. The third-order valence-corrected chi connectivity index (χ3v) is 5.07. The highest BCUT2D eigenvalue weighted by Crippen LogP contribution is 2.29. The predicted octanol–water partition coefficient (Wildman–Crippen LogP) is 0.780. The summed E-state index contributed by atoms with van der Waals surface area (Å²) in [5.41, 5.74) is -2.46. The first-order chi connectivity index (χ1) is 9.88. The standard InChI is InChI=1S/C11H13BrN2O7S/c1-6-8(12)3-7(4-9(6)14(18)19)22(20,21)13-5-11(2,17)10(15)16/h3-4,13,17H,5H2,1-2H3,(H,15,16). The fourth-order valence-corrected chi connectivity index (χ4v) is 3.16. The molecule has 0 aliphatic rings. The minimum atomic E-state index is -4.23. The molecule has 0 amide bonds. The molecule has 3 N–H and O–H groups in total. The topological polar surface area (TPSA) is 147 Å². The van der Waals surface area contributed by atoms with Gasteiger partial charge in [0.05, 0.1) is 16.4 Å². The highest BCUT2D eigenvalue weighted by molar-refractivity contribution is 9.10. The van der Waals surface area contributed by atoms with Gasteiger partial charge in [0.2, 0.25) is 10.0 Å². The molecular formula is C11H13BrN2O7S. The number of benzene rings is 1. The van der Waals surface area contributed by atoms with E-state index >= 15 is 0 Å². The summed E-state index contributed by atoms with van der Waals surface area (Å²) >= 11 is 3.03. The van der Waals surface area contributed by atoms with Gasteiger partial charge < -0.3 is 10.2 Å². The Balaban J connectivity index is 3.19. The Hall–Kier alpha value is -1.56. The third kappa shape index (κ3) is 4.00. The lowest BCUT2D eigenvalue weighted by Crippen LogP contribution is -2.46. The number of carbonyl (C=O) groups is 1. The van der Waals surface area contributed by atoms with Gasteiger partial charge in [-0.05, 0) is 19.9 Å². The largest absolute Gasteiger partial charge is 0.479 e. The summed E-state index contributed by atoms with van der Waals surface area (Å²) in [6.45, 7) is 1.58. The highest BCUT2D eigenvalue weighted by Gasteiger charge is 2.32. The summed E-state index contributed by atoms with van der Waals surface area (Å²) in [6, 6.07) is 2.01. The molecule has 0 radical (unpaired) electrons. The van der Waals surface area contributed by atoms with E-state index in [1.54, 1.807) is 0 Å². The second-order valence-corrected chi connectivity index (χ2v) is 7.33. The van der Waals surface area contributed by atoms with Crippen LogP contribution in [0, 0.1) is 17.0 Å². The van der Waals surface area contributed by atoms with Crippen LogP contribution in [-0.4, -0.2) is 41.7 Å². The fraction of sp³-hybridized carbons (Fsp3) is 0.364. The Bertz CT molecular complexity index is 730.